The minimum Gasteiger partial charge on any atom is -0.489 e. The summed E-state index contributed by atoms with van der Waals surface area (Å²) in [5.74, 6) is 1.62. The minimum absolute atomic E-state index is 0.139. The lowest BCUT2D eigenvalue weighted by Crippen LogP contribution is -2.31. The summed E-state index contributed by atoms with van der Waals surface area (Å²) < 4.78 is 5.72. The number of nitrogens with zero attached hydrogens (tertiary/aromatic N) is 1. The zero-order valence-electron chi connectivity index (χ0n) is 14.8. The number of halogens is 2. The molecule has 0 unspecified atom stereocenters. The van der Waals surface area contributed by atoms with E-state index in [0.29, 0.717) is 28.4 Å². The Morgan fingerprint density at radius 1 is 1.27 bits per heavy atom. The number of ketones is 1. The fourth-order valence-electron chi connectivity index (χ4n) is 3.07. The normalized spacial score (nSPS) is 23.2. The molecule has 2 aliphatic heterocycles. The SMILES string of the molecule is CC(=O)C1=C2C=CC=CN2NC1.CC1CC(Oc2cccc(Cl)c2Cl)C1. The monoisotopic (exact) mass is 392 g/mol. The molecule has 1 aromatic carbocycles. The summed E-state index contributed by atoms with van der Waals surface area (Å²) in [5, 5.41) is 2.95. The van der Waals surface area contributed by atoms with Gasteiger partial charge in [-0.05, 0) is 50.0 Å². The van der Waals surface area contributed by atoms with Gasteiger partial charge in [0.25, 0.3) is 0 Å². The third-order valence-electron chi connectivity index (χ3n) is 4.56. The smallest absolute Gasteiger partial charge is 0.159 e. The summed E-state index contributed by atoms with van der Waals surface area (Å²) in [4.78, 5) is 11.1. The second kappa shape index (κ2) is 8.30. The number of fused-ring (bicyclic) bond motifs is 1. The first-order valence-corrected chi connectivity index (χ1v) is 9.43. The van der Waals surface area contributed by atoms with Crippen molar-refractivity contribution in [3.63, 3.8) is 0 Å². The Morgan fingerprint density at radius 2 is 2.04 bits per heavy atom. The second-order valence-corrected chi connectivity index (χ2v) is 7.48. The van der Waals surface area contributed by atoms with Crippen LogP contribution >= 0.6 is 23.2 Å². The van der Waals surface area contributed by atoms with Crippen LogP contribution in [0.4, 0.5) is 0 Å². The molecule has 0 saturated heterocycles. The number of carbonyl (C=O) groups is 1. The van der Waals surface area contributed by atoms with E-state index in [9.17, 15) is 4.79 Å². The van der Waals surface area contributed by atoms with E-state index >= 15 is 0 Å². The van der Waals surface area contributed by atoms with Gasteiger partial charge < -0.3 is 4.74 Å². The molecule has 1 saturated carbocycles. The van der Waals surface area contributed by atoms with Crippen LogP contribution in [0, 0.1) is 5.92 Å². The highest BCUT2D eigenvalue weighted by atomic mass is 35.5. The average molecular weight is 393 g/mol. The van der Waals surface area contributed by atoms with Gasteiger partial charge in [0.2, 0.25) is 0 Å². The molecule has 1 fully saturated rings. The Morgan fingerprint density at radius 3 is 2.73 bits per heavy atom. The molecule has 3 aliphatic rings. The lowest BCUT2D eigenvalue weighted by molar-refractivity contribution is -0.113. The minimum atomic E-state index is 0.139. The van der Waals surface area contributed by atoms with Crippen LogP contribution in [0.25, 0.3) is 0 Å². The van der Waals surface area contributed by atoms with Gasteiger partial charge in [0.15, 0.2) is 5.78 Å². The lowest BCUT2D eigenvalue weighted by atomic mass is 9.84. The van der Waals surface area contributed by atoms with E-state index in [4.69, 9.17) is 27.9 Å². The van der Waals surface area contributed by atoms with Crippen LogP contribution in [-0.2, 0) is 4.79 Å². The van der Waals surface area contributed by atoms with Gasteiger partial charge in [-0.3, -0.25) is 9.80 Å². The summed E-state index contributed by atoms with van der Waals surface area (Å²) in [5.41, 5.74) is 4.92. The molecule has 0 bridgehead atoms. The largest absolute Gasteiger partial charge is 0.489 e. The first-order valence-electron chi connectivity index (χ1n) is 8.68. The maximum atomic E-state index is 11.1. The number of hydrazine groups is 1. The van der Waals surface area contributed by atoms with Gasteiger partial charge in [0.05, 0.1) is 16.8 Å². The molecule has 0 spiro atoms. The van der Waals surface area contributed by atoms with Crippen molar-refractivity contribution in [3.05, 3.63) is 63.9 Å². The number of hydrogen-bond donors (Lipinski definition) is 1. The maximum Gasteiger partial charge on any atom is 0.159 e. The van der Waals surface area contributed by atoms with E-state index in [-0.39, 0.29) is 5.78 Å². The van der Waals surface area contributed by atoms with Gasteiger partial charge in [-0.15, -0.1) is 0 Å². The zero-order valence-corrected chi connectivity index (χ0v) is 16.3. The van der Waals surface area contributed by atoms with Crippen LogP contribution in [0.15, 0.2) is 53.9 Å². The molecule has 2 heterocycles. The summed E-state index contributed by atoms with van der Waals surface area (Å²) in [6.45, 7) is 4.46. The Balaban J connectivity index is 0.000000152. The number of nitrogens with one attached hydrogen (secondary N) is 1. The topological polar surface area (TPSA) is 41.6 Å². The second-order valence-electron chi connectivity index (χ2n) is 6.69. The first kappa shape index (κ1) is 19.0. The molecule has 138 valence electrons. The summed E-state index contributed by atoms with van der Waals surface area (Å²) >= 11 is 11.9. The molecular weight excluding hydrogens is 371 g/mol. The van der Waals surface area contributed by atoms with Crippen LogP contribution in [0.1, 0.15) is 26.7 Å². The molecule has 4 nitrogen and oxygen atoms in total. The van der Waals surface area contributed by atoms with Crippen molar-refractivity contribution in [2.24, 2.45) is 5.92 Å². The molecule has 6 heteroatoms. The molecular formula is C20H22Cl2N2O2. The van der Waals surface area contributed by atoms with Crippen molar-refractivity contribution in [1.82, 2.24) is 10.4 Å². The van der Waals surface area contributed by atoms with E-state index in [1.54, 1.807) is 13.0 Å². The van der Waals surface area contributed by atoms with Gasteiger partial charge in [0, 0.05) is 18.3 Å². The van der Waals surface area contributed by atoms with Crippen LogP contribution in [0.2, 0.25) is 10.0 Å². The number of allylic oxidation sites excluding steroid dienone is 3. The van der Waals surface area contributed by atoms with Crippen LogP contribution < -0.4 is 10.2 Å². The molecule has 4 rings (SSSR count). The van der Waals surface area contributed by atoms with Crippen LogP contribution in [0.5, 0.6) is 5.75 Å². The highest BCUT2D eigenvalue weighted by Gasteiger charge is 2.27. The summed E-state index contributed by atoms with van der Waals surface area (Å²) in [6.07, 6.45) is 10.3. The number of rotatable bonds is 3. The molecule has 1 N–H and O–H groups in total. The van der Waals surface area contributed by atoms with Crippen LogP contribution in [0.3, 0.4) is 0 Å². The van der Waals surface area contributed by atoms with Crippen molar-refractivity contribution in [3.8, 4) is 5.75 Å². The third kappa shape index (κ3) is 4.32. The molecule has 0 aromatic heterocycles. The van der Waals surface area contributed by atoms with Gasteiger partial charge in [-0.2, -0.15) is 0 Å². The van der Waals surface area contributed by atoms with Crippen molar-refractivity contribution in [2.75, 3.05) is 6.54 Å². The highest BCUT2D eigenvalue weighted by Crippen LogP contribution is 2.36. The third-order valence-corrected chi connectivity index (χ3v) is 5.36. The van der Waals surface area contributed by atoms with E-state index in [0.717, 1.165) is 30.0 Å². The van der Waals surface area contributed by atoms with E-state index in [2.05, 4.69) is 12.3 Å². The molecule has 1 aromatic rings. The summed E-state index contributed by atoms with van der Waals surface area (Å²) in [6, 6.07) is 5.48. The fraction of sp³-hybridized carbons (Fsp3) is 0.350. The van der Waals surface area contributed by atoms with E-state index < -0.39 is 0 Å². The number of hydrogen-bond acceptors (Lipinski definition) is 4. The Kier molecular flexibility index (Phi) is 6.07. The molecule has 26 heavy (non-hydrogen) atoms. The number of carbonyl (C=O) groups excluding carboxylic acids is 1. The highest BCUT2D eigenvalue weighted by molar-refractivity contribution is 6.42. The van der Waals surface area contributed by atoms with Gasteiger partial charge >= 0.3 is 0 Å². The molecule has 0 amide bonds. The Hall–Kier alpha value is -1.75. The first-order chi connectivity index (χ1) is 12.5. The van der Waals surface area contributed by atoms with Crippen LogP contribution in [-0.4, -0.2) is 23.4 Å². The number of Topliss-reactive ketones (excluding diaryl/α,β-unsaturated/α-hetero) is 1. The quantitative estimate of drug-likeness (QED) is 0.793. The number of ether oxygens (including phenoxy) is 1. The van der Waals surface area contributed by atoms with Crippen molar-refractivity contribution in [2.45, 2.75) is 32.8 Å². The van der Waals surface area contributed by atoms with Gasteiger partial charge in [0.1, 0.15) is 10.8 Å². The number of benzene rings is 1. The predicted molar refractivity (Wildman–Crippen MR) is 105 cm³/mol. The van der Waals surface area contributed by atoms with E-state index in [1.807, 2.05) is 41.6 Å². The molecule has 1 aliphatic carbocycles. The summed E-state index contributed by atoms with van der Waals surface area (Å²) in [7, 11) is 0. The van der Waals surface area contributed by atoms with Crippen molar-refractivity contribution < 1.29 is 9.53 Å². The molecule has 0 atom stereocenters. The Bertz CT molecular complexity index is 780. The zero-order chi connectivity index (χ0) is 18.7. The van der Waals surface area contributed by atoms with Crippen molar-refractivity contribution in [1.29, 1.82) is 0 Å². The maximum absolute atomic E-state index is 11.1. The van der Waals surface area contributed by atoms with Crippen molar-refractivity contribution >= 4 is 29.0 Å². The standard InChI is InChI=1S/C11H12Cl2O.C9H10N2O/c1-7-5-8(6-7)14-10-4-2-3-9(12)11(10)13;1-7(12)8-6-10-11-5-3-2-4-9(8)11/h2-4,7-8H,5-6H2,1H3;2-5,10H,6H2,1H3. The van der Waals surface area contributed by atoms with Gasteiger partial charge in [-0.1, -0.05) is 42.3 Å². The lowest BCUT2D eigenvalue weighted by Gasteiger charge is -2.33. The average Bonchev–Trinajstić information content (AvgIpc) is 3.02. The fourth-order valence-corrected chi connectivity index (χ4v) is 3.40. The predicted octanol–water partition coefficient (Wildman–Crippen LogP) is 4.90. The Labute approximate surface area is 164 Å². The van der Waals surface area contributed by atoms with E-state index in [1.165, 1.54) is 0 Å². The molecule has 0 radical (unpaired) electrons. The van der Waals surface area contributed by atoms with Gasteiger partial charge in [-0.25, -0.2) is 5.43 Å².